The van der Waals surface area contributed by atoms with Crippen molar-refractivity contribution in [3.05, 3.63) is 72.8 Å². The van der Waals surface area contributed by atoms with E-state index in [-0.39, 0.29) is 0 Å². The number of hydrogen-bond donors (Lipinski definition) is 0. The topological polar surface area (TPSA) is 56.7 Å². The molecule has 11 heteroatoms. The molecule has 0 aliphatic carbocycles. The molecule has 0 amide bonds. The molecule has 0 aliphatic heterocycles. The zero-order valence-corrected chi connectivity index (χ0v) is 23.3. The zero-order chi connectivity index (χ0) is 27.6. The highest BCUT2D eigenvalue weighted by Crippen LogP contribution is 2.68. The van der Waals surface area contributed by atoms with Crippen molar-refractivity contribution < 1.29 is 25.2 Å². The minimum atomic E-state index is -4.92. The number of anilines is 3. The summed E-state index contributed by atoms with van der Waals surface area (Å²) in [5.74, 6) is -2.03. The fourth-order valence-corrected chi connectivity index (χ4v) is 9.19. The van der Waals surface area contributed by atoms with Gasteiger partial charge in [0, 0.05) is 59.3 Å². The number of alkyl halides is 3. The van der Waals surface area contributed by atoms with Gasteiger partial charge in [0.2, 0.25) is 5.75 Å². The normalized spacial score (nSPS) is 12.8. The van der Waals surface area contributed by atoms with Gasteiger partial charge in [0.15, 0.2) is 0 Å². The molecule has 0 aliphatic rings. The Kier molecular flexibility index (Phi) is 8.40. The molecule has 1 N–H and O–H groups in total. The Labute approximate surface area is 218 Å². The molecule has 0 saturated heterocycles. The van der Waals surface area contributed by atoms with E-state index in [4.69, 9.17) is 0 Å². The average Bonchev–Trinajstić information content (AvgIpc) is 2.81. The van der Waals surface area contributed by atoms with E-state index in [0.717, 1.165) is 17.1 Å². The van der Waals surface area contributed by atoms with Gasteiger partial charge in [0.1, 0.15) is 0 Å². The van der Waals surface area contributed by atoms with Crippen molar-refractivity contribution in [1.82, 2.24) is 0 Å². The maximum atomic E-state index is 13.3. The lowest BCUT2D eigenvalue weighted by atomic mass is 10.3. The van der Waals surface area contributed by atoms with Crippen molar-refractivity contribution in [2.24, 2.45) is 0 Å². The fourth-order valence-electron chi connectivity index (χ4n) is 3.76. The van der Waals surface area contributed by atoms with Crippen LogP contribution in [0.5, 0.6) is 0 Å². The van der Waals surface area contributed by atoms with Gasteiger partial charge in [0.25, 0.3) is 0 Å². The fraction of sp³-hybridized carbons (Fsp3) is 0.308. The Balaban J connectivity index is 2.35. The second-order valence-corrected chi connectivity index (χ2v) is 13.8. The first-order chi connectivity index (χ1) is 17.1. The summed E-state index contributed by atoms with van der Waals surface area (Å²) in [4.78, 5) is 7.19. The third-order valence-corrected chi connectivity index (χ3v) is 11.0. The molecule has 0 unspecified atom stereocenters. The van der Waals surface area contributed by atoms with Crippen molar-refractivity contribution >= 4 is 37.5 Å². The van der Waals surface area contributed by atoms with E-state index in [2.05, 4.69) is 3.63 Å². The monoisotopic (exact) mass is 556 g/mol. The summed E-state index contributed by atoms with van der Waals surface area (Å²) in [7, 11) is 3.29. The summed E-state index contributed by atoms with van der Waals surface area (Å²) in [5, 5.41) is 0. The smallest absolute Gasteiger partial charge is 0.378 e. The SMILES string of the molecule is CN(C)c1ccc(S([OH+]S(=O)(=O)CC(F)(F)F)(c2ccc(N(C)C)cc2)c2ccc(N(C)C)cc2)cc1. The summed E-state index contributed by atoms with van der Waals surface area (Å²) in [5.41, 5.74) is 2.59. The molecular formula is C26H33F3N3O3S2+. The first kappa shape index (κ1) is 28.7. The van der Waals surface area contributed by atoms with Crippen molar-refractivity contribution in [1.29, 1.82) is 0 Å². The molecular weight excluding hydrogens is 523 g/mol. The van der Waals surface area contributed by atoms with Crippen LogP contribution in [0, 0.1) is 0 Å². The molecule has 6 nitrogen and oxygen atoms in total. The van der Waals surface area contributed by atoms with Gasteiger partial charge in [-0.3, -0.25) is 3.63 Å². The van der Waals surface area contributed by atoms with Crippen molar-refractivity contribution in [3.8, 4) is 0 Å². The van der Waals surface area contributed by atoms with Gasteiger partial charge in [-0.15, -0.1) is 0 Å². The lowest BCUT2D eigenvalue weighted by molar-refractivity contribution is -0.107. The second-order valence-electron chi connectivity index (χ2n) is 9.16. The molecule has 0 radical (unpaired) electrons. The molecule has 3 rings (SSSR count). The highest BCUT2D eigenvalue weighted by Gasteiger charge is 2.47. The lowest BCUT2D eigenvalue weighted by Crippen LogP contribution is -2.28. The van der Waals surface area contributed by atoms with Crippen LogP contribution in [0.4, 0.5) is 30.2 Å². The van der Waals surface area contributed by atoms with Crippen molar-refractivity contribution in [3.63, 3.8) is 0 Å². The van der Waals surface area contributed by atoms with E-state index in [1.54, 1.807) is 36.4 Å². The van der Waals surface area contributed by atoms with Crippen LogP contribution in [-0.2, 0) is 10.1 Å². The first-order valence-corrected chi connectivity index (χ1v) is 14.5. The number of nitrogens with zero attached hydrogens (tertiary/aromatic N) is 3. The Morgan fingerprint density at radius 3 is 1.08 bits per heavy atom. The van der Waals surface area contributed by atoms with Gasteiger partial charge in [-0.25, -0.2) is 0 Å². The molecule has 0 saturated carbocycles. The van der Waals surface area contributed by atoms with Crippen LogP contribution in [0.1, 0.15) is 0 Å². The summed E-state index contributed by atoms with van der Waals surface area (Å²) >= 11 is 0. The largest absolute Gasteiger partial charge is 0.410 e. The molecule has 3 aromatic carbocycles. The van der Waals surface area contributed by atoms with Crippen LogP contribution in [0.15, 0.2) is 87.5 Å². The zero-order valence-electron chi connectivity index (χ0n) is 21.7. The van der Waals surface area contributed by atoms with E-state index in [0.29, 0.717) is 14.7 Å². The quantitative estimate of drug-likeness (QED) is 0.237. The lowest BCUT2D eigenvalue weighted by Gasteiger charge is -2.35. The molecule has 0 bridgehead atoms. The number of rotatable bonds is 9. The van der Waals surface area contributed by atoms with Gasteiger partial charge in [-0.1, -0.05) is 0 Å². The minimum Gasteiger partial charge on any atom is -0.378 e. The molecule has 0 heterocycles. The van der Waals surface area contributed by atoms with E-state index in [1.165, 1.54) is 0 Å². The summed E-state index contributed by atoms with van der Waals surface area (Å²) in [6.07, 6.45) is -4.92. The van der Waals surface area contributed by atoms with E-state index >= 15 is 0 Å². The third-order valence-electron chi connectivity index (χ3n) is 5.65. The van der Waals surface area contributed by atoms with E-state index < -0.39 is 32.4 Å². The molecule has 37 heavy (non-hydrogen) atoms. The Morgan fingerprint density at radius 1 is 0.595 bits per heavy atom. The average molecular weight is 557 g/mol. The predicted molar refractivity (Wildman–Crippen MR) is 147 cm³/mol. The summed E-state index contributed by atoms with van der Waals surface area (Å²) in [6, 6.07) is 21.3. The molecule has 0 aromatic heterocycles. The highest BCUT2D eigenvalue weighted by atomic mass is 32.3. The Morgan fingerprint density at radius 2 is 0.865 bits per heavy atom. The number of halogens is 3. The van der Waals surface area contributed by atoms with Crippen LogP contribution >= 0.6 is 10.3 Å². The molecule has 0 fully saturated rings. The van der Waals surface area contributed by atoms with Crippen LogP contribution < -0.4 is 14.7 Å². The predicted octanol–water partition coefficient (Wildman–Crippen LogP) is 6.07. The summed E-state index contributed by atoms with van der Waals surface area (Å²) in [6.45, 7) is 0. The molecule has 202 valence electrons. The van der Waals surface area contributed by atoms with Gasteiger partial charge in [0.05, 0.1) is 25.0 Å². The minimum absolute atomic E-state index is 0.513. The molecule has 0 atom stereocenters. The number of hydrogen-bond acceptors (Lipinski definition) is 5. The van der Waals surface area contributed by atoms with Crippen molar-refractivity contribution in [2.75, 3.05) is 62.7 Å². The van der Waals surface area contributed by atoms with Gasteiger partial charge in [-0.2, -0.15) is 21.6 Å². The molecule has 0 spiro atoms. The van der Waals surface area contributed by atoms with Crippen LogP contribution in [-0.4, -0.2) is 66.3 Å². The highest BCUT2D eigenvalue weighted by molar-refractivity contribution is 8.32. The van der Waals surface area contributed by atoms with E-state index in [9.17, 15) is 21.6 Å². The van der Waals surface area contributed by atoms with Gasteiger partial charge in [-0.05, 0) is 72.8 Å². The Bertz CT molecular complexity index is 1170. The standard InChI is InChI=1S/C26H32F3N3O3S2/c1-30(2)20-7-13-23(14-8-20)37(35-36(33,34)19-26(27,28)29,24-15-9-21(10-16-24)31(3)4)25-17-11-22(12-18-25)32(5)6/h7-18H,19H2,1-6H3/p+1. The van der Waals surface area contributed by atoms with Gasteiger partial charge < -0.3 is 14.7 Å². The van der Waals surface area contributed by atoms with E-state index in [1.807, 2.05) is 93.4 Å². The van der Waals surface area contributed by atoms with Crippen molar-refractivity contribution in [2.45, 2.75) is 20.9 Å². The Hall–Kier alpha value is -2.89. The number of benzene rings is 3. The third kappa shape index (κ3) is 6.71. The van der Waals surface area contributed by atoms with Crippen LogP contribution in [0.3, 0.4) is 0 Å². The van der Waals surface area contributed by atoms with Crippen LogP contribution in [0.2, 0.25) is 0 Å². The first-order valence-electron chi connectivity index (χ1n) is 11.3. The maximum Gasteiger partial charge on any atom is 0.410 e. The second kappa shape index (κ2) is 10.8. The maximum absolute atomic E-state index is 13.3. The van der Waals surface area contributed by atoms with Gasteiger partial charge >= 0.3 is 16.3 Å². The van der Waals surface area contributed by atoms with Crippen LogP contribution in [0.25, 0.3) is 0 Å². The summed E-state index contributed by atoms with van der Waals surface area (Å²) < 4.78 is 70.1. The molecule has 3 aromatic rings.